The van der Waals surface area contributed by atoms with Gasteiger partial charge in [-0.1, -0.05) is 27.2 Å². The number of nitrogens with zero attached hydrogens (tertiary/aromatic N) is 1. The van der Waals surface area contributed by atoms with Gasteiger partial charge in [0.25, 0.3) is 0 Å². The quantitative estimate of drug-likeness (QED) is 0.416. The van der Waals surface area contributed by atoms with Gasteiger partial charge in [0, 0.05) is 5.92 Å². The topological polar surface area (TPSA) is 70.1 Å². The molecule has 4 nitrogen and oxygen atoms in total. The Hall–Kier alpha value is 0.0164. The van der Waals surface area contributed by atoms with E-state index >= 15 is 0 Å². The number of rotatable bonds is 4. The van der Waals surface area contributed by atoms with Crippen LogP contribution in [0.3, 0.4) is 0 Å². The SMILES string of the molecule is CC(C)(C)[O-].O=C(CC(=O)C1CCC1)c1ccc(F)cn1.[K+]. The van der Waals surface area contributed by atoms with Crippen molar-refractivity contribution < 1.29 is 70.5 Å². The molecule has 116 valence electrons. The molecule has 0 saturated heterocycles. The third-order valence-electron chi connectivity index (χ3n) is 2.91. The Kier molecular flexibility index (Phi) is 10.0. The Bertz CT molecular complexity index is 487. The molecule has 22 heavy (non-hydrogen) atoms. The molecule has 1 aromatic heterocycles. The largest absolute Gasteiger partial charge is 1.00 e. The predicted molar refractivity (Wildman–Crippen MR) is 75.2 cm³/mol. The zero-order chi connectivity index (χ0) is 16.0. The second kappa shape index (κ2) is 10.0. The standard InChI is InChI=1S/C12H12FNO2.C4H9O.K/c13-9-4-5-10(14-7-9)12(16)6-11(15)8-2-1-3-8;1-4(2,3)5;/h4-5,7-8H,1-3,6H2;1-3H3;/q;-1;+1. The van der Waals surface area contributed by atoms with E-state index in [-0.39, 0.29) is 81.0 Å². The maximum absolute atomic E-state index is 12.6. The molecule has 0 aromatic carbocycles. The van der Waals surface area contributed by atoms with Crippen LogP contribution < -0.4 is 56.5 Å². The minimum Gasteiger partial charge on any atom is -0.850 e. The van der Waals surface area contributed by atoms with E-state index in [4.69, 9.17) is 0 Å². The molecule has 0 spiro atoms. The van der Waals surface area contributed by atoms with E-state index < -0.39 is 11.4 Å². The molecule has 0 amide bonds. The Morgan fingerprint density at radius 1 is 1.32 bits per heavy atom. The van der Waals surface area contributed by atoms with E-state index in [1.165, 1.54) is 12.1 Å². The summed E-state index contributed by atoms with van der Waals surface area (Å²) < 4.78 is 12.6. The van der Waals surface area contributed by atoms with Crippen LogP contribution in [0.2, 0.25) is 0 Å². The van der Waals surface area contributed by atoms with Crippen LogP contribution >= 0.6 is 0 Å². The monoisotopic (exact) mass is 333 g/mol. The summed E-state index contributed by atoms with van der Waals surface area (Å²) in [6, 6.07) is 2.49. The average molecular weight is 333 g/mol. The van der Waals surface area contributed by atoms with Crippen LogP contribution in [0.25, 0.3) is 0 Å². The molecule has 0 atom stereocenters. The molecule has 0 bridgehead atoms. The van der Waals surface area contributed by atoms with Gasteiger partial charge in [0.15, 0.2) is 5.78 Å². The molecule has 1 aromatic rings. The molecule has 1 heterocycles. The molecular formula is C16H21FKNO3. The third-order valence-corrected chi connectivity index (χ3v) is 2.91. The number of Topliss-reactive ketones (excluding diaryl/α,β-unsaturated/α-hetero) is 2. The van der Waals surface area contributed by atoms with Crippen LogP contribution in [0.1, 0.15) is 56.9 Å². The van der Waals surface area contributed by atoms with Crippen molar-refractivity contribution in [2.24, 2.45) is 5.92 Å². The number of halogens is 1. The average Bonchev–Trinajstić information content (AvgIpc) is 2.24. The molecule has 1 fully saturated rings. The van der Waals surface area contributed by atoms with E-state index in [0.29, 0.717) is 0 Å². The Morgan fingerprint density at radius 3 is 2.23 bits per heavy atom. The van der Waals surface area contributed by atoms with Crippen molar-refractivity contribution in [1.29, 1.82) is 0 Å². The van der Waals surface area contributed by atoms with Gasteiger partial charge in [-0.15, -0.1) is 5.60 Å². The zero-order valence-corrected chi connectivity index (χ0v) is 16.8. The summed E-state index contributed by atoms with van der Waals surface area (Å²) in [6.45, 7) is 4.90. The Labute approximate surface area is 173 Å². The van der Waals surface area contributed by atoms with Gasteiger partial charge in [0.1, 0.15) is 17.3 Å². The molecule has 0 radical (unpaired) electrons. The number of carbonyl (C=O) groups excluding carboxylic acids is 2. The molecule has 2 rings (SSSR count). The Morgan fingerprint density at radius 2 is 1.86 bits per heavy atom. The first-order valence-electron chi connectivity index (χ1n) is 7.04. The van der Waals surface area contributed by atoms with Crippen LogP contribution in [-0.4, -0.2) is 22.2 Å². The Balaban J connectivity index is 0.000000644. The van der Waals surface area contributed by atoms with Crippen molar-refractivity contribution in [2.75, 3.05) is 0 Å². The van der Waals surface area contributed by atoms with Gasteiger partial charge in [0.2, 0.25) is 0 Å². The van der Waals surface area contributed by atoms with E-state index in [2.05, 4.69) is 4.98 Å². The fraction of sp³-hybridized carbons (Fsp3) is 0.562. The van der Waals surface area contributed by atoms with Gasteiger partial charge < -0.3 is 5.11 Å². The fourth-order valence-corrected chi connectivity index (χ4v) is 1.66. The smallest absolute Gasteiger partial charge is 0.850 e. The maximum atomic E-state index is 12.6. The minimum absolute atomic E-state index is 0. The van der Waals surface area contributed by atoms with E-state index in [1.807, 2.05) is 0 Å². The first kappa shape index (κ1) is 22.0. The van der Waals surface area contributed by atoms with Crippen molar-refractivity contribution in [1.82, 2.24) is 4.98 Å². The second-order valence-corrected chi connectivity index (χ2v) is 6.17. The summed E-state index contributed by atoms with van der Waals surface area (Å²) in [5, 5.41) is 10.1. The number of ketones is 2. The van der Waals surface area contributed by atoms with Gasteiger partial charge in [0.05, 0.1) is 12.6 Å². The van der Waals surface area contributed by atoms with Crippen molar-refractivity contribution in [3.05, 3.63) is 29.8 Å². The third kappa shape index (κ3) is 9.22. The second-order valence-electron chi connectivity index (χ2n) is 6.17. The fourth-order valence-electron chi connectivity index (χ4n) is 1.66. The van der Waals surface area contributed by atoms with E-state index in [9.17, 15) is 19.1 Å². The van der Waals surface area contributed by atoms with Crippen LogP contribution in [0.15, 0.2) is 18.3 Å². The molecule has 1 saturated carbocycles. The number of carbonyl (C=O) groups is 2. The van der Waals surface area contributed by atoms with Gasteiger partial charge in [-0.05, 0) is 25.0 Å². The molecule has 1 aliphatic rings. The van der Waals surface area contributed by atoms with Crippen LogP contribution in [0.4, 0.5) is 4.39 Å². The van der Waals surface area contributed by atoms with Gasteiger partial charge >= 0.3 is 51.4 Å². The van der Waals surface area contributed by atoms with Crippen LogP contribution in [0, 0.1) is 11.7 Å². The minimum atomic E-state index is -0.750. The normalized spacial score (nSPS) is 14.0. The summed E-state index contributed by atoms with van der Waals surface area (Å²) in [4.78, 5) is 26.8. The van der Waals surface area contributed by atoms with Gasteiger partial charge in [-0.3, -0.25) is 14.6 Å². The van der Waals surface area contributed by atoms with Crippen molar-refractivity contribution in [3.63, 3.8) is 0 Å². The summed E-state index contributed by atoms with van der Waals surface area (Å²) in [5.41, 5.74) is -0.589. The van der Waals surface area contributed by atoms with E-state index in [1.54, 1.807) is 20.8 Å². The first-order chi connectivity index (χ1) is 9.66. The van der Waals surface area contributed by atoms with Crippen LogP contribution in [0.5, 0.6) is 0 Å². The van der Waals surface area contributed by atoms with Crippen molar-refractivity contribution >= 4 is 11.6 Å². The number of aromatic nitrogens is 1. The summed E-state index contributed by atoms with van der Waals surface area (Å²) in [7, 11) is 0. The molecule has 0 N–H and O–H groups in total. The molecule has 6 heteroatoms. The predicted octanol–water partition coefficient (Wildman–Crippen LogP) is -0.688. The molecular weight excluding hydrogens is 312 g/mol. The van der Waals surface area contributed by atoms with Crippen molar-refractivity contribution in [3.8, 4) is 0 Å². The molecule has 0 aliphatic heterocycles. The maximum Gasteiger partial charge on any atom is 1.00 e. The first-order valence-corrected chi connectivity index (χ1v) is 7.04. The summed E-state index contributed by atoms with van der Waals surface area (Å²) in [5.74, 6) is -0.759. The zero-order valence-electron chi connectivity index (χ0n) is 13.7. The number of pyridine rings is 1. The van der Waals surface area contributed by atoms with Crippen molar-refractivity contribution in [2.45, 2.75) is 52.1 Å². The number of hydrogen-bond acceptors (Lipinski definition) is 4. The van der Waals surface area contributed by atoms with Gasteiger partial charge in [-0.25, -0.2) is 4.39 Å². The number of hydrogen-bond donors (Lipinski definition) is 0. The molecule has 0 unspecified atom stereocenters. The van der Waals surface area contributed by atoms with E-state index in [0.717, 1.165) is 25.5 Å². The van der Waals surface area contributed by atoms with Gasteiger partial charge in [-0.2, -0.15) is 0 Å². The summed E-state index contributed by atoms with van der Waals surface area (Å²) in [6.07, 6.45) is 3.73. The summed E-state index contributed by atoms with van der Waals surface area (Å²) >= 11 is 0. The molecule has 1 aliphatic carbocycles. The van der Waals surface area contributed by atoms with Crippen LogP contribution in [-0.2, 0) is 4.79 Å².